The normalized spacial score (nSPS) is 24.1. The highest BCUT2D eigenvalue weighted by Gasteiger charge is 2.36. The number of hydrogen-bond donors (Lipinski definition) is 3. The van der Waals surface area contributed by atoms with Gasteiger partial charge in [0.1, 0.15) is 0 Å². The summed E-state index contributed by atoms with van der Waals surface area (Å²) in [7, 11) is 0. The number of nitrogens with one attached hydrogen (secondary N) is 1. The molecule has 1 aliphatic carbocycles. The number of carboxylic acids is 1. The number of piperidine rings is 1. The highest BCUT2D eigenvalue weighted by Crippen LogP contribution is 2.32. The number of carbonyl (C=O) groups is 3. The molecule has 7 heteroatoms. The number of rotatable bonds is 5. The van der Waals surface area contributed by atoms with Gasteiger partial charge in [0.15, 0.2) is 6.10 Å². The van der Waals surface area contributed by atoms with Crippen molar-refractivity contribution in [3.63, 3.8) is 0 Å². The second-order valence-corrected chi connectivity index (χ2v) is 5.50. The first-order chi connectivity index (χ1) is 9.49. The summed E-state index contributed by atoms with van der Waals surface area (Å²) in [4.78, 5) is 36.1. The third-order valence-corrected chi connectivity index (χ3v) is 3.79. The Kier molecular flexibility index (Phi) is 4.59. The molecule has 2 fully saturated rings. The molecule has 0 bridgehead atoms. The van der Waals surface area contributed by atoms with Gasteiger partial charge in [-0.15, -0.1) is 0 Å². The van der Waals surface area contributed by atoms with Crippen LogP contribution in [0.4, 0.5) is 0 Å². The number of carbonyl (C=O) groups excluding carboxylic acids is 2. The van der Waals surface area contributed by atoms with Crippen molar-refractivity contribution in [1.82, 2.24) is 10.2 Å². The van der Waals surface area contributed by atoms with Gasteiger partial charge < -0.3 is 20.4 Å². The van der Waals surface area contributed by atoms with E-state index >= 15 is 0 Å². The molecule has 112 valence electrons. The smallest absolute Gasteiger partial charge is 0.334 e. The van der Waals surface area contributed by atoms with Crippen molar-refractivity contribution in [2.24, 2.45) is 11.8 Å². The van der Waals surface area contributed by atoms with Gasteiger partial charge in [0.25, 0.3) is 0 Å². The number of aliphatic hydroxyl groups excluding tert-OH is 1. The lowest BCUT2D eigenvalue weighted by Gasteiger charge is -2.32. The molecule has 2 rings (SSSR count). The molecule has 3 N–H and O–H groups in total. The van der Waals surface area contributed by atoms with Crippen molar-refractivity contribution in [1.29, 1.82) is 0 Å². The maximum Gasteiger partial charge on any atom is 0.334 e. The molecule has 1 aliphatic heterocycles. The highest BCUT2D eigenvalue weighted by atomic mass is 16.4. The van der Waals surface area contributed by atoms with Crippen LogP contribution >= 0.6 is 0 Å². The molecule has 0 radical (unpaired) electrons. The predicted molar refractivity (Wildman–Crippen MR) is 68.7 cm³/mol. The van der Waals surface area contributed by atoms with E-state index in [4.69, 9.17) is 10.2 Å². The molecule has 0 aromatic rings. The SMILES string of the molecule is O=C(O)C(O)CNC(=O)C1CCCN(C(=O)C2CC2)C1. The summed E-state index contributed by atoms with van der Waals surface area (Å²) in [6, 6.07) is 0. The molecule has 2 amide bonds. The minimum Gasteiger partial charge on any atom is -0.479 e. The van der Waals surface area contributed by atoms with Gasteiger partial charge in [-0.2, -0.15) is 0 Å². The lowest BCUT2D eigenvalue weighted by molar-refractivity contribution is -0.146. The second kappa shape index (κ2) is 6.21. The topological polar surface area (TPSA) is 107 Å². The van der Waals surface area contributed by atoms with Crippen LogP contribution in [0.15, 0.2) is 0 Å². The molecule has 1 heterocycles. The largest absolute Gasteiger partial charge is 0.479 e. The monoisotopic (exact) mass is 284 g/mol. The van der Waals surface area contributed by atoms with Gasteiger partial charge in [-0.05, 0) is 25.7 Å². The molecule has 1 saturated carbocycles. The number of amides is 2. The van der Waals surface area contributed by atoms with Gasteiger partial charge in [-0.3, -0.25) is 9.59 Å². The predicted octanol–water partition coefficient (Wildman–Crippen LogP) is -0.803. The Labute approximate surface area is 116 Å². The molecule has 2 aliphatic rings. The maximum absolute atomic E-state index is 12.0. The highest BCUT2D eigenvalue weighted by molar-refractivity contribution is 5.84. The van der Waals surface area contributed by atoms with Crippen molar-refractivity contribution in [3.05, 3.63) is 0 Å². The van der Waals surface area contributed by atoms with Crippen molar-refractivity contribution in [2.45, 2.75) is 31.8 Å². The fraction of sp³-hybridized carbons (Fsp3) is 0.769. The molecule has 20 heavy (non-hydrogen) atoms. The van der Waals surface area contributed by atoms with Crippen LogP contribution in [0.3, 0.4) is 0 Å². The molecular formula is C13H20N2O5. The number of aliphatic carboxylic acids is 1. The number of nitrogens with zero attached hydrogens (tertiary/aromatic N) is 1. The maximum atomic E-state index is 12.0. The van der Waals surface area contributed by atoms with Crippen molar-refractivity contribution in [3.8, 4) is 0 Å². The molecular weight excluding hydrogens is 264 g/mol. The lowest BCUT2D eigenvalue weighted by Crippen LogP contribution is -2.47. The summed E-state index contributed by atoms with van der Waals surface area (Å²) in [5.74, 6) is -1.69. The van der Waals surface area contributed by atoms with Gasteiger partial charge in [0.05, 0.1) is 12.5 Å². The first-order valence-electron chi connectivity index (χ1n) is 6.96. The number of carboxylic acid groups (broad SMARTS) is 1. The molecule has 0 spiro atoms. The molecule has 2 atom stereocenters. The van der Waals surface area contributed by atoms with Crippen LogP contribution in [0.5, 0.6) is 0 Å². The van der Waals surface area contributed by atoms with Crippen LogP contribution in [0.1, 0.15) is 25.7 Å². The molecule has 0 aromatic carbocycles. The fourth-order valence-electron chi connectivity index (χ4n) is 2.41. The van der Waals surface area contributed by atoms with Crippen LogP contribution in [-0.4, -0.2) is 58.6 Å². The molecule has 1 saturated heterocycles. The Morgan fingerprint density at radius 2 is 1.90 bits per heavy atom. The van der Waals surface area contributed by atoms with Crippen molar-refractivity contribution >= 4 is 17.8 Å². The summed E-state index contributed by atoms with van der Waals surface area (Å²) in [5.41, 5.74) is 0. The summed E-state index contributed by atoms with van der Waals surface area (Å²) < 4.78 is 0. The Morgan fingerprint density at radius 3 is 2.50 bits per heavy atom. The first-order valence-corrected chi connectivity index (χ1v) is 6.96. The van der Waals surface area contributed by atoms with E-state index in [1.807, 2.05) is 0 Å². The standard InChI is InChI=1S/C13H20N2O5/c16-10(13(19)20)6-14-11(17)9-2-1-5-15(7-9)12(18)8-3-4-8/h8-10,16H,1-7H2,(H,14,17)(H,19,20). The summed E-state index contributed by atoms with van der Waals surface area (Å²) in [6.45, 7) is 0.780. The van der Waals surface area contributed by atoms with E-state index in [0.717, 1.165) is 19.3 Å². The van der Waals surface area contributed by atoms with Gasteiger partial charge in [0.2, 0.25) is 11.8 Å². The number of hydrogen-bond acceptors (Lipinski definition) is 4. The second-order valence-electron chi connectivity index (χ2n) is 5.50. The summed E-state index contributed by atoms with van der Waals surface area (Å²) >= 11 is 0. The van der Waals surface area contributed by atoms with E-state index in [9.17, 15) is 14.4 Å². The average Bonchev–Trinajstić information content (AvgIpc) is 3.28. The minimum atomic E-state index is -1.59. The zero-order chi connectivity index (χ0) is 14.7. The number of aliphatic hydroxyl groups is 1. The fourth-order valence-corrected chi connectivity index (χ4v) is 2.41. The quantitative estimate of drug-likeness (QED) is 0.612. The van der Waals surface area contributed by atoms with Gasteiger partial charge in [-0.25, -0.2) is 4.79 Å². The summed E-state index contributed by atoms with van der Waals surface area (Å²) in [5, 5.41) is 20.1. The molecule has 2 unspecified atom stereocenters. The van der Waals surface area contributed by atoms with Crippen LogP contribution in [0.2, 0.25) is 0 Å². The van der Waals surface area contributed by atoms with Gasteiger partial charge >= 0.3 is 5.97 Å². The zero-order valence-electron chi connectivity index (χ0n) is 11.2. The summed E-state index contributed by atoms with van der Waals surface area (Å²) in [6.07, 6.45) is 1.75. The van der Waals surface area contributed by atoms with Crippen LogP contribution in [-0.2, 0) is 14.4 Å². The van der Waals surface area contributed by atoms with Crippen LogP contribution < -0.4 is 5.32 Å². The molecule has 7 nitrogen and oxygen atoms in total. The van der Waals surface area contributed by atoms with E-state index in [0.29, 0.717) is 19.5 Å². The Hall–Kier alpha value is -1.63. The third-order valence-electron chi connectivity index (χ3n) is 3.79. The van der Waals surface area contributed by atoms with Gasteiger partial charge in [-0.1, -0.05) is 0 Å². The van der Waals surface area contributed by atoms with Crippen LogP contribution in [0.25, 0.3) is 0 Å². The van der Waals surface area contributed by atoms with Gasteiger partial charge in [0, 0.05) is 19.0 Å². The molecule has 0 aromatic heterocycles. The Balaban J connectivity index is 1.80. The van der Waals surface area contributed by atoms with Crippen LogP contribution in [0, 0.1) is 11.8 Å². The van der Waals surface area contributed by atoms with Crippen molar-refractivity contribution in [2.75, 3.05) is 19.6 Å². The van der Waals surface area contributed by atoms with Crippen molar-refractivity contribution < 1.29 is 24.6 Å². The average molecular weight is 284 g/mol. The van der Waals surface area contributed by atoms with E-state index in [-0.39, 0.29) is 30.2 Å². The first kappa shape index (κ1) is 14.8. The Morgan fingerprint density at radius 1 is 1.20 bits per heavy atom. The lowest BCUT2D eigenvalue weighted by atomic mass is 9.96. The van der Waals surface area contributed by atoms with E-state index in [1.54, 1.807) is 4.90 Å². The third kappa shape index (κ3) is 3.69. The number of likely N-dealkylation sites (tertiary alicyclic amines) is 1. The van der Waals surface area contributed by atoms with E-state index in [1.165, 1.54) is 0 Å². The zero-order valence-corrected chi connectivity index (χ0v) is 11.2. The Bertz CT molecular complexity index is 408. The van der Waals surface area contributed by atoms with E-state index in [2.05, 4.69) is 5.32 Å². The van der Waals surface area contributed by atoms with E-state index < -0.39 is 12.1 Å². The minimum absolute atomic E-state index is 0.132.